The third-order valence-electron chi connectivity index (χ3n) is 3.08. The zero-order valence-corrected chi connectivity index (χ0v) is 11.6. The second-order valence-electron chi connectivity index (χ2n) is 4.51. The first-order chi connectivity index (χ1) is 8.07. The molecule has 0 radical (unpaired) electrons. The molecule has 0 aromatic carbocycles. The third kappa shape index (κ3) is 5.81. The Morgan fingerprint density at radius 2 is 2.12 bits per heavy atom. The maximum absolute atomic E-state index is 11.8. The molecule has 1 rings (SSSR count). The van der Waals surface area contributed by atoms with Gasteiger partial charge in [-0.1, -0.05) is 6.92 Å². The van der Waals surface area contributed by atoms with Crippen molar-refractivity contribution in [3.8, 4) is 0 Å². The lowest BCUT2D eigenvalue weighted by Crippen LogP contribution is -2.35. The number of rotatable bonds is 8. The molecular weight excluding hydrogens is 240 g/mol. The molecule has 2 N–H and O–H groups in total. The molecule has 0 saturated heterocycles. The quantitative estimate of drug-likeness (QED) is 0.626. The SMILES string of the molecule is CCNCCCS(=O)(=O)NC1CCC(OC)C1. The van der Waals surface area contributed by atoms with E-state index >= 15 is 0 Å². The van der Waals surface area contributed by atoms with Crippen molar-refractivity contribution >= 4 is 10.0 Å². The number of hydrogen-bond acceptors (Lipinski definition) is 4. The van der Waals surface area contributed by atoms with Crippen molar-refractivity contribution in [3.63, 3.8) is 0 Å². The van der Waals surface area contributed by atoms with Crippen molar-refractivity contribution in [3.05, 3.63) is 0 Å². The Balaban J connectivity index is 2.25. The van der Waals surface area contributed by atoms with E-state index in [0.29, 0.717) is 6.42 Å². The molecule has 1 fully saturated rings. The van der Waals surface area contributed by atoms with Crippen molar-refractivity contribution < 1.29 is 13.2 Å². The van der Waals surface area contributed by atoms with E-state index in [1.807, 2.05) is 6.92 Å². The summed E-state index contributed by atoms with van der Waals surface area (Å²) in [5.74, 6) is 0.203. The fraction of sp³-hybridized carbons (Fsp3) is 1.00. The number of ether oxygens (including phenoxy) is 1. The lowest BCUT2D eigenvalue weighted by molar-refractivity contribution is 0.107. The monoisotopic (exact) mass is 264 g/mol. The molecule has 0 bridgehead atoms. The van der Waals surface area contributed by atoms with Gasteiger partial charge in [0, 0.05) is 13.2 Å². The lowest BCUT2D eigenvalue weighted by Gasteiger charge is -2.13. The topological polar surface area (TPSA) is 67.4 Å². The molecule has 0 aromatic heterocycles. The zero-order valence-electron chi connectivity index (χ0n) is 10.7. The van der Waals surface area contributed by atoms with E-state index < -0.39 is 10.0 Å². The summed E-state index contributed by atoms with van der Waals surface area (Å²) in [5, 5.41) is 3.12. The lowest BCUT2D eigenvalue weighted by atomic mass is 10.3. The summed E-state index contributed by atoms with van der Waals surface area (Å²) in [6.45, 7) is 3.64. The van der Waals surface area contributed by atoms with Gasteiger partial charge in [-0.15, -0.1) is 0 Å². The van der Waals surface area contributed by atoms with Gasteiger partial charge in [0.05, 0.1) is 11.9 Å². The molecule has 1 saturated carbocycles. The highest BCUT2D eigenvalue weighted by molar-refractivity contribution is 7.89. The van der Waals surface area contributed by atoms with E-state index in [4.69, 9.17) is 4.74 Å². The van der Waals surface area contributed by atoms with E-state index in [2.05, 4.69) is 10.0 Å². The standard InChI is InChI=1S/C11H24N2O3S/c1-3-12-7-4-8-17(14,15)13-10-5-6-11(9-10)16-2/h10-13H,3-9H2,1-2H3. The summed E-state index contributed by atoms with van der Waals surface area (Å²) in [5.41, 5.74) is 0. The second kappa shape index (κ2) is 7.31. The minimum atomic E-state index is -3.12. The van der Waals surface area contributed by atoms with Gasteiger partial charge in [-0.25, -0.2) is 13.1 Å². The number of methoxy groups -OCH3 is 1. The summed E-state index contributed by atoms with van der Waals surface area (Å²) in [6.07, 6.45) is 3.49. The Hall–Kier alpha value is -0.170. The van der Waals surface area contributed by atoms with Crippen molar-refractivity contribution in [1.82, 2.24) is 10.0 Å². The summed E-state index contributed by atoms with van der Waals surface area (Å²) in [7, 11) is -1.44. The molecule has 17 heavy (non-hydrogen) atoms. The van der Waals surface area contributed by atoms with Crippen LogP contribution in [0.4, 0.5) is 0 Å². The van der Waals surface area contributed by atoms with E-state index in [1.165, 1.54) is 0 Å². The summed E-state index contributed by atoms with van der Waals surface area (Å²) in [4.78, 5) is 0. The molecule has 5 nitrogen and oxygen atoms in total. The van der Waals surface area contributed by atoms with Gasteiger partial charge in [-0.05, 0) is 38.8 Å². The Morgan fingerprint density at radius 3 is 2.71 bits per heavy atom. The molecule has 6 heteroatoms. The molecule has 0 amide bonds. The molecule has 1 aliphatic rings. The van der Waals surface area contributed by atoms with E-state index in [9.17, 15) is 8.42 Å². The van der Waals surface area contributed by atoms with Crippen LogP contribution in [0.3, 0.4) is 0 Å². The summed E-state index contributed by atoms with van der Waals surface area (Å²) in [6, 6.07) is 0.0593. The second-order valence-corrected chi connectivity index (χ2v) is 6.38. The summed E-state index contributed by atoms with van der Waals surface area (Å²) >= 11 is 0. The van der Waals surface area contributed by atoms with Gasteiger partial charge in [0.2, 0.25) is 10.0 Å². The van der Waals surface area contributed by atoms with E-state index in [0.717, 1.165) is 32.4 Å². The molecule has 2 atom stereocenters. The number of hydrogen-bond donors (Lipinski definition) is 2. The fourth-order valence-electron chi connectivity index (χ4n) is 2.14. The third-order valence-corrected chi connectivity index (χ3v) is 4.60. The van der Waals surface area contributed by atoms with Crippen LogP contribution < -0.4 is 10.0 Å². The van der Waals surface area contributed by atoms with Gasteiger partial charge in [-0.3, -0.25) is 0 Å². The minimum absolute atomic E-state index is 0.0593. The molecule has 0 aliphatic heterocycles. The van der Waals surface area contributed by atoms with Crippen LogP contribution in [-0.4, -0.2) is 46.5 Å². The van der Waals surface area contributed by atoms with Gasteiger partial charge in [0.1, 0.15) is 0 Å². The predicted octanol–water partition coefficient (Wildman–Crippen LogP) is 0.473. The highest BCUT2D eigenvalue weighted by Gasteiger charge is 2.27. The summed E-state index contributed by atoms with van der Waals surface area (Å²) < 4.78 is 31.5. The van der Waals surface area contributed by atoms with E-state index in [1.54, 1.807) is 7.11 Å². The molecule has 2 unspecified atom stereocenters. The van der Waals surface area contributed by atoms with Crippen LogP contribution in [0.15, 0.2) is 0 Å². The van der Waals surface area contributed by atoms with Gasteiger partial charge in [-0.2, -0.15) is 0 Å². The molecular formula is C11H24N2O3S. The van der Waals surface area contributed by atoms with Gasteiger partial charge in [0.25, 0.3) is 0 Å². The predicted molar refractivity (Wildman–Crippen MR) is 68.5 cm³/mol. The van der Waals surface area contributed by atoms with E-state index in [-0.39, 0.29) is 17.9 Å². The van der Waals surface area contributed by atoms with Crippen LogP contribution in [0.25, 0.3) is 0 Å². The molecule has 0 aromatic rings. The van der Waals surface area contributed by atoms with Crippen LogP contribution in [0.5, 0.6) is 0 Å². The molecule has 1 aliphatic carbocycles. The van der Waals surface area contributed by atoms with Crippen LogP contribution in [0.1, 0.15) is 32.6 Å². The van der Waals surface area contributed by atoms with Gasteiger partial charge >= 0.3 is 0 Å². The van der Waals surface area contributed by atoms with Crippen LogP contribution in [0, 0.1) is 0 Å². The molecule has 0 heterocycles. The Labute approximate surface area is 104 Å². The molecule has 0 spiro atoms. The Kier molecular flexibility index (Phi) is 6.40. The first-order valence-corrected chi connectivity index (χ1v) is 7.96. The largest absolute Gasteiger partial charge is 0.381 e. The van der Waals surface area contributed by atoms with Crippen molar-refractivity contribution in [1.29, 1.82) is 0 Å². The maximum atomic E-state index is 11.8. The average molecular weight is 264 g/mol. The number of nitrogens with one attached hydrogen (secondary N) is 2. The van der Waals surface area contributed by atoms with Crippen LogP contribution in [-0.2, 0) is 14.8 Å². The Bertz CT molecular complexity index is 306. The highest BCUT2D eigenvalue weighted by atomic mass is 32.2. The number of sulfonamides is 1. The molecule has 102 valence electrons. The average Bonchev–Trinajstić information content (AvgIpc) is 2.71. The maximum Gasteiger partial charge on any atom is 0.211 e. The fourth-order valence-corrected chi connectivity index (χ4v) is 3.50. The van der Waals surface area contributed by atoms with Gasteiger partial charge in [0.15, 0.2) is 0 Å². The van der Waals surface area contributed by atoms with Crippen molar-refractivity contribution in [2.45, 2.75) is 44.8 Å². The first-order valence-electron chi connectivity index (χ1n) is 6.31. The minimum Gasteiger partial charge on any atom is -0.381 e. The zero-order chi connectivity index (χ0) is 12.7. The normalized spacial score (nSPS) is 25.3. The first kappa shape index (κ1) is 14.9. The van der Waals surface area contributed by atoms with Gasteiger partial charge < -0.3 is 10.1 Å². The van der Waals surface area contributed by atoms with Crippen LogP contribution in [0.2, 0.25) is 0 Å². The highest BCUT2D eigenvalue weighted by Crippen LogP contribution is 2.21. The Morgan fingerprint density at radius 1 is 1.35 bits per heavy atom. The van der Waals surface area contributed by atoms with Crippen molar-refractivity contribution in [2.24, 2.45) is 0 Å². The van der Waals surface area contributed by atoms with Crippen LogP contribution >= 0.6 is 0 Å². The smallest absolute Gasteiger partial charge is 0.211 e. The van der Waals surface area contributed by atoms with Crippen molar-refractivity contribution in [2.75, 3.05) is 26.0 Å².